The molecule has 2 aromatic carbocycles. The van der Waals surface area contributed by atoms with Gasteiger partial charge >= 0.3 is 0 Å². The first-order chi connectivity index (χ1) is 9.74. The summed E-state index contributed by atoms with van der Waals surface area (Å²) < 4.78 is 0. The maximum atomic E-state index is 9.54. The molecule has 2 aromatic rings. The third-order valence-corrected chi connectivity index (χ3v) is 3.90. The highest BCUT2D eigenvalue weighted by Crippen LogP contribution is 2.27. The number of phenolic OH excluding ortho intramolecular Hbond substituents is 1. The Labute approximate surface area is 119 Å². The van der Waals surface area contributed by atoms with Gasteiger partial charge in [0.1, 0.15) is 5.75 Å². The van der Waals surface area contributed by atoms with E-state index in [1.54, 1.807) is 6.07 Å². The average molecular weight is 268 g/mol. The van der Waals surface area contributed by atoms with E-state index in [9.17, 15) is 5.11 Å². The Bertz CT molecular complexity index is 610. The van der Waals surface area contributed by atoms with Crippen LogP contribution in [0.15, 0.2) is 42.5 Å². The Balaban J connectivity index is 1.69. The van der Waals surface area contributed by atoms with Gasteiger partial charge in [-0.25, -0.2) is 0 Å². The minimum atomic E-state index is 0.208. The van der Waals surface area contributed by atoms with Gasteiger partial charge in [-0.2, -0.15) is 0 Å². The highest BCUT2D eigenvalue weighted by molar-refractivity contribution is 5.61. The van der Waals surface area contributed by atoms with Crippen molar-refractivity contribution >= 4 is 5.69 Å². The fourth-order valence-electron chi connectivity index (χ4n) is 2.73. The average Bonchev–Trinajstić information content (AvgIpc) is 2.93. The molecule has 1 atom stereocenters. The topological polar surface area (TPSA) is 44.3 Å². The standard InChI is InChI=1S/C17H20N2O/c1-12(14-5-3-7-16(20)10-14)19-11-15-6-2-4-13-8-9-18-17(13)15/h2-7,10,12,18-20H,8-9,11H2,1H3. The zero-order valence-corrected chi connectivity index (χ0v) is 11.7. The SMILES string of the molecule is CC(NCc1cccc2c1NCC2)c1cccc(O)c1. The van der Waals surface area contributed by atoms with Crippen molar-refractivity contribution in [3.05, 3.63) is 59.2 Å². The Hall–Kier alpha value is -2.00. The van der Waals surface area contributed by atoms with E-state index in [0.717, 1.165) is 25.1 Å². The van der Waals surface area contributed by atoms with Gasteiger partial charge in [-0.15, -0.1) is 0 Å². The molecule has 0 bridgehead atoms. The molecule has 0 saturated carbocycles. The van der Waals surface area contributed by atoms with Crippen molar-refractivity contribution in [2.24, 2.45) is 0 Å². The lowest BCUT2D eigenvalue weighted by atomic mass is 10.1. The van der Waals surface area contributed by atoms with E-state index in [-0.39, 0.29) is 6.04 Å². The minimum Gasteiger partial charge on any atom is -0.508 e. The van der Waals surface area contributed by atoms with Crippen molar-refractivity contribution in [2.45, 2.75) is 25.9 Å². The van der Waals surface area contributed by atoms with Crippen LogP contribution in [-0.2, 0) is 13.0 Å². The van der Waals surface area contributed by atoms with E-state index in [2.05, 4.69) is 35.8 Å². The zero-order chi connectivity index (χ0) is 13.9. The van der Waals surface area contributed by atoms with Gasteiger partial charge in [-0.3, -0.25) is 0 Å². The molecule has 1 unspecified atom stereocenters. The molecule has 0 spiro atoms. The second-order valence-corrected chi connectivity index (χ2v) is 5.33. The lowest BCUT2D eigenvalue weighted by Crippen LogP contribution is -2.18. The lowest BCUT2D eigenvalue weighted by molar-refractivity contribution is 0.472. The first kappa shape index (κ1) is 13.0. The van der Waals surface area contributed by atoms with E-state index in [4.69, 9.17) is 0 Å². The van der Waals surface area contributed by atoms with Crippen molar-refractivity contribution in [2.75, 3.05) is 11.9 Å². The maximum absolute atomic E-state index is 9.54. The van der Waals surface area contributed by atoms with Gasteiger partial charge in [0.2, 0.25) is 0 Å². The number of para-hydroxylation sites is 1. The van der Waals surface area contributed by atoms with Crippen LogP contribution >= 0.6 is 0 Å². The summed E-state index contributed by atoms with van der Waals surface area (Å²) in [5.74, 6) is 0.318. The fourth-order valence-corrected chi connectivity index (χ4v) is 2.73. The van der Waals surface area contributed by atoms with E-state index in [1.807, 2.05) is 18.2 Å². The number of hydrogen-bond donors (Lipinski definition) is 3. The molecule has 1 heterocycles. The van der Waals surface area contributed by atoms with E-state index < -0.39 is 0 Å². The first-order valence-electron chi connectivity index (χ1n) is 7.11. The zero-order valence-electron chi connectivity index (χ0n) is 11.7. The summed E-state index contributed by atoms with van der Waals surface area (Å²) in [6, 6.07) is 14.1. The quantitative estimate of drug-likeness (QED) is 0.798. The largest absolute Gasteiger partial charge is 0.508 e. The van der Waals surface area contributed by atoms with Crippen LogP contribution in [0.3, 0.4) is 0 Å². The molecular formula is C17H20N2O. The molecule has 3 heteroatoms. The first-order valence-corrected chi connectivity index (χ1v) is 7.11. The van der Waals surface area contributed by atoms with Crippen LogP contribution in [-0.4, -0.2) is 11.7 Å². The Kier molecular flexibility index (Phi) is 3.61. The Morgan fingerprint density at radius 1 is 1.25 bits per heavy atom. The van der Waals surface area contributed by atoms with Gasteiger partial charge in [-0.05, 0) is 42.2 Å². The number of nitrogens with one attached hydrogen (secondary N) is 2. The minimum absolute atomic E-state index is 0.208. The van der Waals surface area contributed by atoms with Gasteiger partial charge in [0.15, 0.2) is 0 Å². The van der Waals surface area contributed by atoms with Crippen LogP contribution in [0.1, 0.15) is 29.7 Å². The number of phenols is 1. The maximum Gasteiger partial charge on any atom is 0.115 e. The summed E-state index contributed by atoms with van der Waals surface area (Å²) in [5.41, 5.74) is 5.12. The molecule has 0 amide bonds. The van der Waals surface area contributed by atoms with Crippen molar-refractivity contribution in [1.82, 2.24) is 5.32 Å². The van der Waals surface area contributed by atoms with Gasteiger partial charge < -0.3 is 15.7 Å². The number of anilines is 1. The number of aromatic hydroxyl groups is 1. The number of fused-ring (bicyclic) bond motifs is 1. The molecule has 1 aliphatic rings. The smallest absolute Gasteiger partial charge is 0.115 e. The van der Waals surface area contributed by atoms with Crippen LogP contribution in [0.4, 0.5) is 5.69 Å². The predicted molar refractivity (Wildman–Crippen MR) is 82.0 cm³/mol. The molecule has 0 fully saturated rings. The number of rotatable bonds is 4. The highest BCUT2D eigenvalue weighted by Gasteiger charge is 2.14. The molecule has 0 saturated heterocycles. The normalized spacial score (nSPS) is 14.7. The second kappa shape index (κ2) is 5.55. The van der Waals surface area contributed by atoms with Crippen LogP contribution < -0.4 is 10.6 Å². The molecular weight excluding hydrogens is 248 g/mol. The monoisotopic (exact) mass is 268 g/mol. The summed E-state index contributed by atoms with van der Waals surface area (Å²) in [6.45, 7) is 3.98. The third kappa shape index (κ3) is 2.63. The number of benzene rings is 2. The molecule has 3 rings (SSSR count). The summed E-state index contributed by atoms with van der Waals surface area (Å²) in [7, 11) is 0. The van der Waals surface area contributed by atoms with Crippen molar-refractivity contribution in [3.8, 4) is 5.75 Å². The molecule has 0 aliphatic carbocycles. The van der Waals surface area contributed by atoms with E-state index in [1.165, 1.54) is 16.8 Å². The second-order valence-electron chi connectivity index (χ2n) is 5.33. The third-order valence-electron chi connectivity index (χ3n) is 3.90. The summed E-state index contributed by atoms with van der Waals surface area (Å²) >= 11 is 0. The molecule has 104 valence electrons. The summed E-state index contributed by atoms with van der Waals surface area (Å²) in [6.07, 6.45) is 1.12. The van der Waals surface area contributed by atoms with Gasteiger partial charge in [0, 0.05) is 24.8 Å². The van der Waals surface area contributed by atoms with Crippen molar-refractivity contribution in [3.63, 3.8) is 0 Å². The molecule has 1 aliphatic heterocycles. The summed E-state index contributed by atoms with van der Waals surface area (Å²) in [4.78, 5) is 0. The van der Waals surface area contributed by atoms with E-state index in [0.29, 0.717) is 5.75 Å². The summed E-state index contributed by atoms with van der Waals surface area (Å²) in [5, 5.41) is 16.5. The van der Waals surface area contributed by atoms with Gasteiger partial charge in [-0.1, -0.05) is 30.3 Å². The predicted octanol–water partition coefficient (Wildman–Crippen LogP) is 3.21. The van der Waals surface area contributed by atoms with Crippen LogP contribution in [0.25, 0.3) is 0 Å². The molecule has 0 aromatic heterocycles. The van der Waals surface area contributed by atoms with Crippen molar-refractivity contribution in [1.29, 1.82) is 0 Å². The highest BCUT2D eigenvalue weighted by atomic mass is 16.3. The molecule has 3 nitrogen and oxygen atoms in total. The molecule has 3 N–H and O–H groups in total. The molecule has 20 heavy (non-hydrogen) atoms. The van der Waals surface area contributed by atoms with Gasteiger partial charge in [0.25, 0.3) is 0 Å². The van der Waals surface area contributed by atoms with Crippen LogP contribution in [0.5, 0.6) is 5.75 Å². The van der Waals surface area contributed by atoms with E-state index >= 15 is 0 Å². The Morgan fingerprint density at radius 2 is 2.10 bits per heavy atom. The Morgan fingerprint density at radius 3 is 2.95 bits per heavy atom. The lowest BCUT2D eigenvalue weighted by Gasteiger charge is -2.16. The van der Waals surface area contributed by atoms with Crippen LogP contribution in [0, 0.1) is 0 Å². The van der Waals surface area contributed by atoms with Gasteiger partial charge in [0.05, 0.1) is 0 Å². The van der Waals surface area contributed by atoms with Crippen LogP contribution in [0.2, 0.25) is 0 Å². The number of hydrogen-bond acceptors (Lipinski definition) is 3. The fraction of sp³-hybridized carbons (Fsp3) is 0.294. The molecule has 0 radical (unpaired) electrons. The van der Waals surface area contributed by atoms with Crippen molar-refractivity contribution < 1.29 is 5.11 Å².